The Morgan fingerprint density at radius 3 is 2.04 bits per heavy atom. The maximum Gasteiger partial charge on any atom is 0.338 e. The van der Waals surface area contributed by atoms with Crippen LogP contribution in [-0.4, -0.2) is 36.0 Å². The van der Waals surface area contributed by atoms with Gasteiger partial charge in [-0.3, -0.25) is 4.79 Å². The van der Waals surface area contributed by atoms with Crippen LogP contribution < -0.4 is 5.32 Å². The average Bonchev–Trinajstić information content (AvgIpc) is 3.01. The Morgan fingerprint density at radius 2 is 1.60 bits per heavy atom. The van der Waals surface area contributed by atoms with Gasteiger partial charge in [0.2, 0.25) is 0 Å². The van der Waals surface area contributed by atoms with Gasteiger partial charge < -0.3 is 14.8 Å². The fraction of sp³-hybridized carbons (Fsp3) is 0.294. The Morgan fingerprint density at radius 1 is 1.04 bits per heavy atom. The number of aromatic nitrogens is 1. The molecule has 132 valence electrons. The maximum atomic E-state index is 12.2. The first-order chi connectivity index (χ1) is 11.9. The number of amides is 1. The maximum absolute atomic E-state index is 12.2. The predicted molar refractivity (Wildman–Crippen MR) is 93.2 cm³/mol. The number of esters is 2. The summed E-state index contributed by atoms with van der Waals surface area (Å²) < 4.78 is 9.91. The molecule has 0 unspecified atom stereocenters. The van der Waals surface area contributed by atoms with Gasteiger partial charge in [0.25, 0.3) is 5.91 Å². The van der Waals surface area contributed by atoms with Gasteiger partial charge in [0, 0.05) is 11.1 Å². The van der Waals surface area contributed by atoms with E-state index in [1.807, 2.05) is 0 Å². The van der Waals surface area contributed by atoms with E-state index in [0.717, 1.165) is 5.01 Å². The van der Waals surface area contributed by atoms with Gasteiger partial charge in [0.05, 0.1) is 29.3 Å². The van der Waals surface area contributed by atoms with E-state index in [9.17, 15) is 14.4 Å². The molecule has 0 radical (unpaired) electrons. The quantitative estimate of drug-likeness (QED) is 0.794. The molecule has 0 saturated carbocycles. The van der Waals surface area contributed by atoms with Gasteiger partial charge in [-0.2, -0.15) is 0 Å². The van der Waals surface area contributed by atoms with Gasteiger partial charge in [0.15, 0.2) is 0 Å². The van der Waals surface area contributed by atoms with Gasteiger partial charge in [-0.25, -0.2) is 14.6 Å². The van der Waals surface area contributed by atoms with Crippen molar-refractivity contribution in [3.8, 4) is 0 Å². The molecule has 0 aliphatic heterocycles. The van der Waals surface area contributed by atoms with Gasteiger partial charge in [-0.15, -0.1) is 11.3 Å². The lowest BCUT2D eigenvalue weighted by molar-refractivity contribution is 0.0525. The van der Waals surface area contributed by atoms with Gasteiger partial charge in [-0.05, 0) is 39.0 Å². The number of carbonyl (C=O) groups is 3. The average molecular weight is 362 g/mol. The summed E-state index contributed by atoms with van der Waals surface area (Å²) in [5.41, 5.74) is 0.848. The molecule has 1 N–H and O–H groups in total. The molecule has 1 aromatic carbocycles. The normalized spacial score (nSPS) is 10.2. The molecule has 0 aliphatic rings. The molecule has 7 nitrogen and oxygen atoms in total. The molecule has 0 atom stereocenters. The summed E-state index contributed by atoms with van der Waals surface area (Å²) in [7, 11) is 0. The van der Waals surface area contributed by atoms with E-state index < -0.39 is 17.8 Å². The summed E-state index contributed by atoms with van der Waals surface area (Å²) in [5.74, 6) is -1.61. The number of nitrogens with zero attached hydrogens (tertiary/aromatic N) is 1. The number of ether oxygens (including phenoxy) is 2. The van der Waals surface area contributed by atoms with Crippen LogP contribution in [-0.2, 0) is 9.47 Å². The van der Waals surface area contributed by atoms with Gasteiger partial charge in [0.1, 0.15) is 5.69 Å². The lowest BCUT2D eigenvalue weighted by Gasteiger charge is -2.10. The Bertz CT molecular complexity index is 764. The van der Waals surface area contributed by atoms with E-state index in [1.165, 1.54) is 29.5 Å². The van der Waals surface area contributed by atoms with Crippen LogP contribution in [0.3, 0.4) is 0 Å². The number of anilines is 1. The van der Waals surface area contributed by atoms with Crippen LogP contribution in [0, 0.1) is 6.92 Å². The number of benzene rings is 1. The van der Waals surface area contributed by atoms with Crippen LogP contribution in [0.15, 0.2) is 23.6 Å². The Labute approximate surface area is 149 Å². The van der Waals surface area contributed by atoms with E-state index in [-0.39, 0.29) is 35.7 Å². The van der Waals surface area contributed by atoms with Gasteiger partial charge in [-0.1, -0.05) is 0 Å². The summed E-state index contributed by atoms with van der Waals surface area (Å²) in [6, 6.07) is 4.26. The number of rotatable bonds is 6. The summed E-state index contributed by atoms with van der Waals surface area (Å²) in [6.07, 6.45) is 0. The fourth-order valence-corrected chi connectivity index (χ4v) is 2.62. The first kappa shape index (κ1) is 18.6. The molecular formula is C17H18N2O5S. The van der Waals surface area contributed by atoms with Gasteiger partial charge >= 0.3 is 11.9 Å². The van der Waals surface area contributed by atoms with Crippen molar-refractivity contribution in [2.24, 2.45) is 0 Å². The number of carbonyl (C=O) groups excluding carboxylic acids is 3. The standard InChI is InChI=1S/C17H18N2O5S/c1-4-23-16(21)11-6-12(17(22)24-5-2)8-13(7-11)19-15(20)14-9-25-10(3)18-14/h6-9H,4-5H2,1-3H3,(H,19,20). The monoisotopic (exact) mass is 362 g/mol. The van der Waals surface area contributed by atoms with E-state index in [2.05, 4.69) is 10.3 Å². The molecule has 0 fully saturated rings. The van der Waals surface area contributed by atoms with Crippen LogP contribution in [0.2, 0.25) is 0 Å². The summed E-state index contributed by atoms with van der Waals surface area (Å²) >= 11 is 1.35. The van der Waals surface area contributed by atoms with Crippen molar-refractivity contribution < 1.29 is 23.9 Å². The van der Waals surface area contributed by atoms with Crippen LogP contribution in [0.25, 0.3) is 0 Å². The minimum Gasteiger partial charge on any atom is -0.462 e. The Kier molecular flexibility index (Phi) is 6.24. The minimum absolute atomic E-state index is 0.150. The third-order valence-corrected chi connectivity index (χ3v) is 3.84. The number of thiazole rings is 1. The van der Waals surface area contributed by atoms with E-state index in [0.29, 0.717) is 0 Å². The zero-order valence-corrected chi connectivity index (χ0v) is 14.9. The summed E-state index contributed by atoms with van der Waals surface area (Å²) in [5, 5.41) is 5.03. The van der Waals surface area contributed by atoms with Crippen molar-refractivity contribution in [2.45, 2.75) is 20.8 Å². The SMILES string of the molecule is CCOC(=O)c1cc(NC(=O)c2csc(C)n2)cc(C(=O)OCC)c1. The highest BCUT2D eigenvalue weighted by atomic mass is 32.1. The highest BCUT2D eigenvalue weighted by Gasteiger charge is 2.17. The largest absolute Gasteiger partial charge is 0.462 e. The van der Waals surface area contributed by atoms with Crippen molar-refractivity contribution in [1.29, 1.82) is 0 Å². The lowest BCUT2D eigenvalue weighted by atomic mass is 10.1. The van der Waals surface area contributed by atoms with Crippen molar-refractivity contribution in [3.05, 3.63) is 45.4 Å². The van der Waals surface area contributed by atoms with Crippen LogP contribution >= 0.6 is 11.3 Å². The Hall–Kier alpha value is -2.74. The number of hydrogen-bond acceptors (Lipinski definition) is 7. The van der Waals surface area contributed by atoms with E-state index in [4.69, 9.17) is 9.47 Å². The lowest BCUT2D eigenvalue weighted by Crippen LogP contribution is -2.15. The molecular weight excluding hydrogens is 344 g/mol. The second-order valence-corrected chi connectivity index (χ2v) is 6.01. The van der Waals surface area contributed by atoms with Crippen LogP contribution in [0.5, 0.6) is 0 Å². The molecule has 1 amide bonds. The zero-order valence-electron chi connectivity index (χ0n) is 14.1. The van der Waals surface area contributed by atoms with E-state index >= 15 is 0 Å². The van der Waals surface area contributed by atoms with Crippen LogP contribution in [0.4, 0.5) is 5.69 Å². The summed E-state index contributed by atoms with van der Waals surface area (Å²) in [4.78, 5) is 40.3. The third-order valence-electron chi connectivity index (χ3n) is 3.06. The fourth-order valence-electron chi connectivity index (χ4n) is 2.03. The van der Waals surface area contributed by atoms with Crippen molar-refractivity contribution in [1.82, 2.24) is 4.98 Å². The molecule has 0 aliphatic carbocycles. The molecule has 0 bridgehead atoms. The molecule has 0 spiro atoms. The topological polar surface area (TPSA) is 94.6 Å². The number of hydrogen-bond donors (Lipinski definition) is 1. The van der Waals surface area contributed by atoms with Crippen LogP contribution in [0.1, 0.15) is 50.1 Å². The first-order valence-corrected chi connectivity index (χ1v) is 8.55. The highest BCUT2D eigenvalue weighted by Crippen LogP contribution is 2.19. The first-order valence-electron chi connectivity index (χ1n) is 7.67. The Balaban J connectivity index is 2.33. The molecule has 8 heteroatoms. The molecule has 1 aromatic heterocycles. The molecule has 2 aromatic rings. The minimum atomic E-state index is -0.589. The van der Waals surface area contributed by atoms with Crippen molar-refractivity contribution in [3.63, 3.8) is 0 Å². The molecule has 0 saturated heterocycles. The van der Waals surface area contributed by atoms with E-state index in [1.54, 1.807) is 26.2 Å². The summed E-state index contributed by atoms with van der Waals surface area (Å²) in [6.45, 7) is 5.55. The molecule has 1 heterocycles. The predicted octanol–water partition coefficient (Wildman–Crippen LogP) is 3.06. The number of aryl methyl sites for hydroxylation is 1. The molecule has 25 heavy (non-hydrogen) atoms. The molecule has 2 rings (SSSR count). The number of nitrogens with one attached hydrogen (secondary N) is 1. The third kappa shape index (κ3) is 4.87. The van der Waals surface area contributed by atoms with Crippen molar-refractivity contribution in [2.75, 3.05) is 18.5 Å². The highest BCUT2D eigenvalue weighted by molar-refractivity contribution is 7.09. The van der Waals surface area contributed by atoms with Crippen molar-refractivity contribution >= 4 is 34.9 Å². The smallest absolute Gasteiger partial charge is 0.338 e. The second kappa shape index (κ2) is 8.39. The zero-order chi connectivity index (χ0) is 18.4. The second-order valence-electron chi connectivity index (χ2n) is 4.95.